The molecule has 2 aromatic carbocycles. The topological polar surface area (TPSA) is 51.8 Å². The predicted octanol–water partition coefficient (Wildman–Crippen LogP) is 9.40. The van der Waals surface area contributed by atoms with Crippen LogP contribution < -0.4 is 4.40 Å². The average Bonchev–Trinajstić information content (AvgIpc) is 3.37. The first-order chi connectivity index (χ1) is 20.8. The van der Waals surface area contributed by atoms with Gasteiger partial charge in [0, 0.05) is 45.1 Å². The molecule has 1 radical (unpaired) electrons. The van der Waals surface area contributed by atoms with Crippen molar-refractivity contribution in [2.24, 2.45) is 5.92 Å². The number of halogens is 1. The van der Waals surface area contributed by atoms with Gasteiger partial charge in [0.15, 0.2) is 0 Å². The van der Waals surface area contributed by atoms with Gasteiger partial charge in [0.05, 0.1) is 5.58 Å². The van der Waals surface area contributed by atoms with Gasteiger partial charge in [-0.25, -0.2) is 4.98 Å². The first-order valence-electron chi connectivity index (χ1n) is 15.1. The summed E-state index contributed by atoms with van der Waals surface area (Å²) in [6, 6.07) is 25.0. The second-order valence-corrected chi connectivity index (χ2v) is 23.0. The van der Waals surface area contributed by atoms with Crippen molar-refractivity contribution in [1.82, 2.24) is 15.0 Å². The van der Waals surface area contributed by atoms with E-state index in [1.807, 2.05) is 24.3 Å². The number of pyridine rings is 3. The maximum absolute atomic E-state index is 14.3. The molecule has 0 saturated heterocycles. The van der Waals surface area contributed by atoms with Crippen LogP contribution in [0.1, 0.15) is 46.1 Å². The van der Waals surface area contributed by atoms with Gasteiger partial charge in [0.25, 0.3) is 0 Å². The van der Waals surface area contributed by atoms with Crippen LogP contribution in [-0.2, 0) is 26.5 Å². The Morgan fingerprint density at radius 2 is 1.73 bits per heavy atom. The number of hydrogen-bond donors (Lipinski definition) is 0. The molecule has 0 aliphatic rings. The summed E-state index contributed by atoms with van der Waals surface area (Å²) in [6.07, 6.45) is 6.52. The molecule has 0 amide bonds. The number of rotatable bonds is 6. The summed E-state index contributed by atoms with van der Waals surface area (Å²) in [6.45, 7) is 8.19. The van der Waals surface area contributed by atoms with Gasteiger partial charge in [-0.1, -0.05) is 31.0 Å². The standard InChI is InChI=1S/C19H14FN2O.C18H24GeN.Ir/c1-11(2)12-7-9-21-16(10-12)13-5-6-15(20)17-14-4-3-8-22-19(14)23-18(13)17;1-14(2)11-16-12-18(15-9-7-6-8-10-15)20-13-17(16)19(3,4)5;/h3-4,6-11H,1-2H3;6-9,12-14H,11H2,1-5H3;/q2*-1;/i11D;;. The van der Waals surface area contributed by atoms with Crippen LogP contribution in [0, 0.1) is 23.9 Å². The molecule has 6 aromatic rings. The molecule has 4 heterocycles. The van der Waals surface area contributed by atoms with E-state index >= 15 is 0 Å². The van der Waals surface area contributed by atoms with Gasteiger partial charge < -0.3 is 9.40 Å². The molecule has 7 heteroatoms. The fourth-order valence-corrected chi connectivity index (χ4v) is 8.50. The smallest absolute Gasteiger partial charge is 0.216 e. The molecule has 6 rings (SSSR count). The van der Waals surface area contributed by atoms with E-state index < -0.39 is 25.0 Å². The molecule has 44 heavy (non-hydrogen) atoms. The second-order valence-electron chi connectivity index (χ2n) is 12.5. The summed E-state index contributed by atoms with van der Waals surface area (Å²) < 4.78 is 29.8. The van der Waals surface area contributed by atoms with Crippen LogP contribution >= 0.6 is 0 Å². The van der Waals surface area contributed by atoms with Crippen molar-refractivity contribution in [2.45, 2.75) is 57.3 Å². The zero-order valence-corrected chi connectivity index (χ0v) is 30.7. The summed E-state index contributed by atoms with van der Waals surface area (Å²) in [5, 5.41) is 1.00. The van der Waals surface area contributed by atoms with Gasteiger partial charge in [-0.05, 0) is 35.2 Å². The Morgan fingerprint density at radius 3 is 2.41 bits per heavy atom. The van der Waals surface area contributed by atoms with Crippen LogP contribution in [0.2, 0.25) is 17.3 Å². The Labute approximate surface area is 277 Å². The van der Waals surface area contributed by atoms with E-state index in [-0.39, 0.29) is 20.1 Å². The zero-order valence-electron chi connectivity index (χ0n) is 27.3. The van der Waals surface area contributed by atoms with E-state index in [0.717, 1.165) is 23.2 Å². The van der Waals surface area contributed by atoms with Crippen LogP contribution in [0.25, 0.3) is 44.6 Å². The normalized spacial score (nSPS) is 12.1. The van der Waals surface area contributed by atoms with Gasteiger partial charge in [0.1, 0.15) is 0 Å². The van der Waals surface area contributed by atoms with Crippen molar-refractivity contribution in [1.29, 1.82) is 0 Å². The van der Waals surface area contributed by atoms with Crippen molar-refractivity contribution in [2.75, 3.05) is 0 Å². The third kappa shape index (κ3) is 7.54. The molecule has 0 fully saturated rings. The van der Waals surface area contributed by atoms with Crippen LogP contribution in [0.3, 0.4) is 0 Å². The number of hydrogen-bond acceptors (Lipinski definition) is 4. The average molecular weight is 826 g/mol. The maximum atomic E-state index is 14.3. The minimum Gasteiger partial charge on any atom is -0.486 e. The van der Waals surface area contributed by atoms with Crippen LogP contribution in [-0.4, -0.2) is 28.2 Å². The van der Waals surface area contributed by atoms with Crippen LogP contribution in [0.4, 0.5) is 4.39 Å². The molecule has 229 valence electrons. The number of furan rings is 1. The van der Waals surface area contributed by atoms with Crippen LogP contribution in [0.5, 0.6) is 0 Å². The van der Waals surface area contributed by atoms with Crippen molar-refractivity contribution >= 4 is 39.7 Å². The molecule has 0 atom stereocenters. The molecule has 0 N–H and O–H groups in total. The van der Waals surface area contributed by atoms with E-state index in [0.29, 0.717) is 39.2 Å². The quantitative estimate of drug-likeness (QED) is 0.124. The van der Waals surface area contributed by atoms with Crippen molar-refractivity contribution in [3.63, 3.8) is 0 Å². The Bertz CT molecular complexity index is 1910. The summed E-state index contributed by atoms with van der Waals surface area (Å²) >= 11 is -1.86. The molecular formula is C37H38FGeIrN3O-2. The molecule has 0 bridgehead atoms. The molecule has 4 aromatic heterocycles. The zero-order chi connectivity index (χ0) is 31.6. The van der Waals surface area contributed by atoms with Gasteiger partial charge in [-0.3, -0.25) is 4.39 Å². The first-order valence-corrected chi connectivity index (χ1v) is 22.0. The number of aromatic nitrogens is 3. The Balaban J connectivity index is 0.000000204. The van der Waals surface area contributed by atoms with Gasteiger partial charge >= 0.3 is 126 Å². The fourth-order valence-electron chi connectivity index (χ4n) is 5.17. The SMILES string of the molecule is CC(C)Cc1cc(-c2[c-]cccc2)nc[c]1[Ge]([CH3])([CH3])[CH3].[2H]C(C)(C)c1ccnc(-c2[c-]cc(F)c3c2oc2ncccc23)c1.[Ir]. The summed E-state index contributed by atoms with van der Waals surface area (Å²) in [4.78, 5) is 13.2. The maximum Gasteiger partial charge on any atom is 0.216 e. The molecular weight excluding hydrogens is 786 g/mol. The van der Waals surface area contributed by atoms with Gasteiger partial charge in [0.2, 0.25) is 5.71 Å². The van der Waals surface area contributed by atoms with E-state index in [9.17, 15) is 4.39 Å². The number of fused-ring (bicyclic) bond motifs is 3. The molecule has 0 aliphatic carbocycles. The summed E-state index contributed by atoms with van der Waals surface area (Å²) in [7, 11) is 0. The number of nitrogens with zero attached hydrogens (tertiary/aromatic N) is 3. The molecule has 0 aliphatic heterocycles. The third-order valence-corrected chi connectivity index (χ3v) is 11.6. The third-order valence-electron chi connectivity index (χ3n) is 7.28. The van der Waals surface area contributed by atoms with Gasteiger partial charge in [-0.15, -0.1) is 12.1 Å². The minimum atomic E-state index is -1.86. The molecule has 0 unspecified atom stereocenters. The minimum absolute atomic E-state index is 0. The summed E-state index contributed by atoms with van der Waals surface area (Å²) in [5.41, 5.74) is 6.36. The largest absolute Gasteiger partial charge is 0.486 e. The van der Waals surface area contributed by atoms with Crippen molar-refractivity contribution in [3.8, 4) is 22.5 Å². The van der Waals surface area contributed by atoms with Crippen LogP contribution in [0.15, 0.2) is 83.7 Å². The van der Waals surface area contributed by atoms with Crippen molar-refractivity contribution < 1.29 is 30.3 Å². The Morgan fingerprint density at radius 1 is 0.932 bits per heavy atom. The fraction of sp³-hybridized carbons (Fsp3) is 0.270. The molecule has 0 saturated carbocycles. The summed E-state index contributed by atoms with van der Waals surface area (Å²) in [5.74, 6) is 6.83. The predicted molar refractivity (Wildman–Crippen MR) is 178 cm³/mol. The van der Waals surface area contributed by atoms with E-state index in [1.165, 1.54) is 11.6 Å². The molecule has 4 nitrogen and oxygen atoms in total. The Kier molecular flexibility index (Phi) is 10.5. The van der Waals surface area contributed by atoms with E-state index in [4.69, 9.17) is 10.8 Å². The number of benzene rings is 2. The van der Waals surface area contributed by atoms with Gasteiger partial charge in [-0.2, -0.15) is 0 Å². The van der Waals surface area contributed by atoms with E-state index in [1.54, 1.807) is 48.8 Å². The monoisotopic (exact) mass is 827 g/mol. The van der Waals surface area contributed by atoms with E-state index in [2.05, 4.69) is 71.5 Å². The Hall–Kier alpha value is -3.19. The molecule has 0 spiro atoms. The first kappa shape index (κ1) is 32.2. The second kappa shape index (κ2) is 14.3. The van der Waals surface area contributed by atoms with Crippen molar-refractivity contribution in [3.05, 3.63) is 108 Å².